The molecule has 0 unspecified atom stereocenters. The number of halogens is 1. The molecule has 4 rings (SSSR count). The molecule has 0 saturated heterocycles. The normalized spacial score (nSPS) is 12.9. The van der Waals surface area contributed by atoms with Gasteiger partial charge < -0.3 is 9.15 Å². The van der Waals surface area contributed by atoms with Crippen molar-refractivity contribution in [3.8, 4) is 11.5 Å². The van der Waals surface area contributed by atoms with Gasteiger partial charge in [0.05, 0.1) is 11.1 Å². The van der Waals surface area contributed by atoms with Crippen molar-refractivity contribution in [2.45, 2.75) is 26.4 Å². The van der Waals surface area contributed by atoms with Crippen LogP contribution in [0, 0.1) is 6.92 Å². The van der Waals surface area contributed by atoms with Gasteiger partial charge in [0.25, 0.3) is 17.7 Å². The Labute approximate surface area is 182 Å². The van der Waals surface area contributed by atoms with Gasteiger partial charge in [0.1, 0.15) is 0 Å². The zero-order chi connectivity index (χ0) is 22.0. The summed E-state index contributed by atoms with van der Waals surface area (Å²) in [6.45, 7) is 1.84. The van der Waals surface area contributed by atoms with Gasteiger partial charge in [0.15, 0.2) is 6.61 Å². The Bertz CT molecular complexity index is 1160. The monoisotopic (exact) mass is 439 g/mol. The van der Waals surface area contributed by atoms with Gasteiger partial charge in [-0.1, -0.05) is 23.2 Å². The van der Waals surface area contributed by atoms with Gasteiger partial charge in [-0.15, -0.1) is 10.2 Å². The van der Waals surface area contributed by atoms with Gasteiger partial charge >= 0.3 is 5.97 Å². The number of aromatic nitrogens is 2. The first-order valence-electron chi connectivity index (χ1n) is 9.63. The van der Waals surface area contributed by atoms with Crippen LogP contribution in [0.2, 0.25) is 5.02 Å². The van der Waals surface area contributed by atoms with E-state index in [2.05, 4.69) is 10.2 Å². The molecular formula is C22H18ClN3O5. The van der Waals surface area contributed by atoms with Gasteiger partial charge in [-0.3, -0.25) is 19.3 Å². The standard InChI is InChI=1S/C22H18ClN3O5/c1-13-4-9-16-17(11-13)22(29)26(21(16)28)10-2-3-19(27)30-12-18-24-25-20(31-18)14-5-7-15(23)8-6-14/h4-9,11H,2-3,10,12H2,1H3. The van der Waals surface area contributed by atoms with Gasteiger partial charge in [-0.05, 0) is 49.7 Å². The fourth-order valence-electron chi connectivity index (χ4n) is 3.22. The maximum atomic E-state index is 12.4. The average Bonchev–Trinajstić information content (AvgIpc) is 3.32. The Morgan fingerprint density at radius 2 is 1.81 bits per heavy atom. The second-order valence-corrected chi connectivity index (χ2v) is 7.52. The van der Waals surface area contributed by atoms with Crippen molar-refractivity contribution in [3.63, 3.8) is 0 Å². The molecule has 0 radical (unpaired) electrons. The highest BCUT2D eigenvalue weighted by Crippen LogP contribution is 2.24. The molecule has 1 aliphatic rings. The van der Waals surface area contributed by atoms with E-state index in [1.165, 1.54) is 0 Å². The second kappa shape index (κ2) is 8.69. The molecule has 2 heterocycles. The minimum atomic E-state index is -0.487. The quantitative estimate of drug-likeness (QED) is 0.407. The number of rotatable bonds is 7. The third kappa shape index (κ3) is 4.49. The maximum Gasteiger partial charge on any atom is 0.306 e. The first kappa shape index (κ1) is 20.7. The van der Waals surface area contributed by atoms with Crippen LogP contribution in [0.3, 0.4) is 0 Å². The summed E-state index contributed by atoms with van der Waals surface area (Å²) in [4.78, 5) is 38.0. The smallest absolute Gasteiger partial charge is 0.306 e. The highest BCUT2D eigenvalue weighted by Gasteiger charge is 2.35. The van der Waals surface area contributed by atoms with Crippen LogP contribution in [0.4, 0.5) is 0 Å². The fourth-order valence-corrected chi connectivity index (χ4v) is 3.35. The number of fused-ring (bicyclic) bond motifs is 1. The molecule has 0 N–H and O–H groups in total. The lowest BCUT2D eigenvalue weighted by Crippen LogP contribution is -2.31. The molecule has 0 aliphatic carbocycles. The molecule has 0 spiro atoms. The number of aryl methyl sites for hydroxylation is 1. The minimum Gasteiger partial charge on any atom is -0.456 e. The van der Waals surface area contributed by atoms with Crippen LogP contribution in [-0.2, 0) is 16.1 Å². The number of carbonyl (C=O) groups excluding carboxylic acids is 3. The zero-order valence-corrected chi connectivity index (χ0v) is 17.4. The molecule has 2 amide bonds. The van der Waals surface area contributed by atoms with Gasteiger partial charge in [0, 0.05) is 23.6 Å². The Kier molecular flexibility index (Phi) is 5.81. The van der Waals surface area contributed by atoms with Crippen LogP contribution in [0.15, 0.2) is 46.9 Å². The fraction of sp³-hybridized carbons (Fsp3) is 0.227. The number of ether oxygens (including phenoxy) is 1. The minimum absolute atomic E-state index is 0.0462. The molecular weight excluding hydrogens is 422 g/mol. The largest absolute Gasteiger partial charge is 0.456 e. The van der Waals surface area contributed by atoms with Crippen LogP contribution in [-0.4, -0.2) is 39.4 Å². The molecule has 1 aromatic heterocycles. The Balaban J connectivity index is 1.25. The number of esters is 1. The predicted octanol–water partition coefficient (Wildman–Crippen LogP) is 3.82. The SMILES string of the molecule is Cc1ccc2c(c1)C(=O)N(CCCC(=O)OCc1nnc(-c3ccc(Cl)cc3)o1)C2=O. The molecule has 0 bridgehead atoms. The lowest BCUT2D eigenvalue weighted by molar-refractivity contribution is -0.145. The molecule has 0 fully saturated rings. The van der Waals surface area contributed by atoms with Gasteiger partial charge in [0.2, 0.25) is 5.89 Å². The van der Waals surface area contributed by atoms with E-state index >= 15 is 0 Å². The van der Waals surface area contributed by atoms with E-state index in [0.717, 1.165) is 10.5 Å². The molecule has 8 nitrogen and oxygen atoms in total. The van der Waals surface area contributed by atoms with E-state index in [1.807, 2.05) is 6.92 Å². The predicted molar refractivity (Wildman–Crippen MR) is 110 cm³/mol. The number of hydrogen-bond donors (Lipinski definition) is 0. The molecule has 0 saturated carbocycles. The number of imide groups is 1. The molecule has 3 aromatic rings. The zero-order valence-electron chi connectivity index (χ0n) is 16.6. The molecule has 1 aliphatic heterocycles. The van der Waals surface area contributed by atoms with Crippen molar-refractivity contribution < 1.29 is 23.5 Å². The number of carbonyl (C=O) groups is 3. The average molecular weight is 440 g/mol. The Morgan fingerprint density at radius 1 is 1.06 bits per heavy atom. The molecule has 31 heavy (non-hydrogen) atoms. The van der Waals surface area contributed by atoms with Gasteiger partial charge in [-0.25, -0.2) is 0 Å². The topological polar surface area (TPSA) is 103 Å². The van der Waals surface area contributed by atoms with E-state index in [-0.39, 0.29) is 37.3 Å². The number of amides is 2. The summed E-state index contributed by atoms with van der Waals surface area (Å²) >= 11 is 5.85. The van der Waals surface area contributed by atoms with E-state index < -0.39 is 5.97 Å². The van der Waals surface area contributed by atoms with Crippen LogP contribution in [0.25, 0.3) is 11.5 Å². The van der Waals surface area contributed by atoms with Gasteiger partial charge in [-0.2, -0.15) is 0 Å². The highest BCUT2D eigenvalue weighted by atomic mass is 35.5. The van der Waals surface area contributed by atoms with Crippen LogP contribution >= 0.6 is 11.6 Å². The van der Waals surface area contributed by atoms with E-state index in [0.29, 0.717) is 34.0 Å². The summed E-state index contributed by atoms with van der Waals surface area (Å²) in [7, 11) is 0. The molecule has 158 valence electrons. The van der Waals surface area contributed by atoms with Crippen molar-refractivity contribution in [2.75, 3.05) is 6.54 Å². The van der Waals surface area contributed by atoms with Crippen LogP contribution in [0.5, 0.6) is 0 Å². The highest BCUT2D eigenvalue weighted by molar-refractivity contribution is 6.30. The van der Waals surface area contributed by atoms with E-state index in [4.69, 9.17) is 20.8 Å². The van der Waals surface area contributed by atoms with E-state index in [9.17, 15) is 14.4 Å². The lowest BCUT2D eigenvalue weighted by atomic mass is 10.1. The molecule has 0 atom stereocenters. The second-order valence-electron chi connectivity index (χ2n) is 7.08. The van der Waals surface area contributed by atoms with Crippen molar-refractivity contribution in [3.05, 3.63) is 70.1 Å². The summed E-state index contributed by atoms with van der Waals surface area (Å²) in [5.74, 6) is -0.706. The van der Waals surface area contributed by atoms with Crippen molar-refractivity contribution in [1.82, 2.24) is 15.1 Å². The first-order chi connectivity index (χ1) is 14.9. The number of nitrogens with zero attached hydrogens (tertiary/aromatic N) is 3. The van der Waals surface area contributed by atoms with Crippen LogP contribution < -0.4 is 0 Å². The Morgan fingerprint density at radius 3 is 2.58 bits per heavy atom. The molecule has 9 heteroatoms. The number of hydrogen-bond acceptors (Lipinski definition) is 7. The lowest BCUT2D eigenvalue weighted by Gasteiger charge is -2.13. The third-order valence-electron chi connectivity index (χ3n) is 4.80. The Hall–Kier alpha value is -3.52. The van der Waals surface area contributed by atoms with Crippen molar-refractivity contribution in [1.29, 1.82) is 0 Å². The maximum absolute atomic E-state index is 12.4. The van der Waals surface area contributed by atoms with E-state index in [1.54, 1.807) is 42.5 Å². The summed E-state index contributed by atoms with van der Waals surface area (Å²) < 4.78 is 10.6. The summed E-state index contributed by atoms with van der Waals surface area (Å²) in [6, 6.07) is 12.0. The van der Waals surface area contributed by atoms with Crippen molar-refractivity contribution >= 4 is 29.4 Å². The number of benzene rings is 2. The summed E-state index contributed by atoms with van der Waals surface area (Å²) in [5.41, 5.74) is 2.41. The third-order valence-corrected chi connectivity index (χ3v) is 5.06. The molecule has 2 aromatic carbocycles. The first-order valence-corrected chi connectivity index (χ1v) is 10.0. The summed E-state index contributed by atoms with van der Waals surface area (Å²) in [6.07, 6.45) is 0.341. The summed E-state index contributed by atoms with van der Waals surface area (Å²) in [5, 5.41) is 8.37. The van der Waals surface area contributed by atoms with Crippen LogP contribution in [0.1, 0.15) is 45.0 Å². The van der Waals surface area contributed by atoms with Crippen molar-refractivity contribution in [2.24, 2.45) is 0 Å².